The SMILES string of the molecule is C(=Cc1ccccc1)Cc1ccccn1. The molecule has 0 aliphatic carbocycles. The van der Waals surface area contributed by atoms with Gasteiger partial charge in [-0.3, -0.25) is 4.98 Å². The Morgan fingerprint density at radius 2 is 1.73 bits per heavy atom. The maximum Gasteiger partial charge on any atom is 0.0441 e. The summed E-state index contributed by atoms with van der Waals surface area (Å²) in [6, 6.07) is 16.3. The minimum Gasteiger partial charge on any atom is -0.261 e. The van der Waals surface area contributed by atoms with Gasteiger partial charge in [-0.05, 0) is 17.7 Å². The number of hydrogen-bond donors (Lipinski definition) is 0. The minimum absolute atomic E-state index is 0.885. The number of pyridine rings is 1. The molecule has 0 bridgehead atoms. The Morgan fingerprint density at radius 3 is 2.47 bits per heavy atom. The molecular formula is C14H13N. The lowest BCUT2D eigenvalue weighted by molar-refractivity contribution is 1.11. The number of benzene rings is 1. The molecule has 2 aromatic rings. The molecule has 1 heteroatoms. The quantitative estimate of drug-likeness (QED) is 0.732. The average molecular weight is 195 g/mol. The molecule has 74 valence electrons. The molecule has 0 unspecified atom stereocenters. The normalized spacial score (nSPS) is 10.7. The Kier molecular flexibility index (Phi) is 3.29. The predicted molar refractivity (Wildman–Crippen MR) is 63.4 cm³/mol. The van der Waals surface area contributed by atoms with Crippen LogP contribution in [0.2, 0.25) is 0 Å². The molecule has 0 spiro atoms. The Balaban J connectivity index is 1.97. The first-order valence-electron chi connectivity index (χ1n) is 5.06. The van der Waals surface area contributed by atoms with Gasteiger partial charge in [-0.15, -0.1) is 0 Å². The van der Waals surface area contributed by atoms with E-state index in [-0.39, 0.29) is 0 Å². The molecule has 0 aliphatic rings. The summed E-state index contributed by atoms with van der Waals surface area (Å²) >= 11 is 0. The van der Waals surface area contributed by atoms with Crippen LogP contribution in [0.5, 0.6) is 0 Å². The molecule has 1 heterocycles. The molecule has 2 rings (SSSR count). The Bertz CT molecular complexity index is 418. The summed E-state index contributed by atoms with van der Waals surface area (Å²) in [7, 11) is 0. The second-order valence-electron chi connectivity index (χ2n) is 3.34. The Hall–Kier alpha value is -1.89. The van der Waals surface area contributed by atoms with Gasteiger partial charge in [0.15, 0.2) is 0 Å². The van der Waals surface area contributed by atoms with Crippen LogP contribution in [0.3, 0.4) is 0 Å². The Labute approximate surface area is 90.1 Å². The van der Waals surface area contributed by atoms with Crippen molar-refractivity contribution in [2.75, 3.05) is 0 Å². The fraction of sp³-hybridized carbons (Fsp3) is 0.0714. The smallest absolute Gasteiger partial charge is 0.0441 e. The van der Waals surface area contributed by atoms with Crippen molar-refractivity contribution < 1.29 is 0 Å². The minimum atomic E-state index is 0.885. The van der Waals surface area contributed by atoms with E-state index in [1.807, 2.05) is 42.6 Å². The first-order chi connectivity index (χ1) is 7.45. The van der Waals surface area contributed by atoms with Crippen LogP contribution < -0.4 is 0 Å². The van der Waals surface area contributed by atoms with Gasteiger partial charge < -0.3 is 0 Å². The van der Waals surface area contributed by atoms with Crippen LogP contribution in [0.1, 0.15) is 11.3 Å². The van der Waals surface area contributed by atoms with Gasteiger partial charge >= 0.3 is 0 Å². The molecule has 0 atom stereocenters. The molecule has 1 aromatic carbocycles. The van der Waals surface area contributed by atoms with Crippen LogP contribution in [-0.2, 0) is 6.42 Å². The van der Waals surface area contributed by atoms with E-state index in [0.717, 1.165) is 12.1 Å². The summed E-state index contributed by atoms with van der Waals surface area (Å²) in [6.07, 6.45) is 6.97. The summed E-state index contributed by atoms with van der Waals surface area (Å²) in [5, 5.41) is 0. The Morgan fingerprint density at radius 1 is 0.933 bits per heavy atom. The van der Waals surface area contributed by atoms with Crippen LogP contribution in [0, 0.1) is 0 Å². The van der Waals surface area contributed by atoms with Gasteiger partial charge in [-0.1, -0.05) is 48.6 Å². The highest BCUT2D eigenvalue weighted by atomic mass is 14.7. The van der Waals surface area contributed by atoms with Gasteiger partial charge in [-0.25, -0.2) is 0 Å². The highest BCUT2D eigenvalue weighted by Gasteiger charge is 1.87. The largest absolute Gasteiger partial charge is 0.261 e. The van der Waals surface area contributed by atoms with Crippen LogP contribution in [0.25, 0.3) is 6.08 Å². The number of aromatic nitrogens is 1. The number of rotatable bonds is 3. The lowest BCUT2D eigenvalue weighted by atomic mass is 10.2. The third-order valence-corrected chi connectivity index (χ3v) is 2.16. The summed E-state index contributed by atoms with van der Waals surface area (Å²) in [5.74, 6) is 0. The van der Waals surface area contributed by atoms with Crippen LogP contribution in [0.4, 0.5) is 0 Å². The summed E-state index contributed by atoms with van der Waals surface area (Å²) in [6.45, 7) is 0. The molecule has 0 radical (unpaired) electrons. The molecule has 15 heavy (non-hydrogen) atoms. The molecule has 1 aromatic heterocycles. The van der Waals surface area contributed by atoms with Crippen molar-refractivity contribution in [3.05, 3.63) is 72.1 Å². The number of nitrogens with zero attached hydrogens (tertiary/aromatic N) is 1. The van der Waals surface area contributed by atoms with Crippen molar-refractivity contribution in [1.82, 2.24) is 4.98 Å². The molecule has 0 fully saturated rings. The fourth-order valence-electron chi connectivity index (χ4n) is 1.40. The monoisotopic (exact) mass is 195 g/mol. The van der Waals surface area contributed by atoms with Gasteiger partial charge in [0.05, 0.1) is 0 Å². The third kappa shape index (κ3) is 3.06. The zero-order chi connectivity index (χ0) is 10.3. The predicted octanol–water partition coefficient (Wildman–Crippen LogP) is 3.34. The second kappa shape index (κ2) is 5.11. The van der Waals surface area contributed by atoms with Crippen LogP contribution in [-0.4, -0.2) is 4.98 Å². The maximum atomic E-state index is 4.26. The highest BCUT2D eigenvalue weighted by molar-refractivity contribution is 5.48. The zero-order valence-electron chi connectivity index (χ0n) is 8.51. The molecule has 0 saturated heterocycles. The first-order valence-corrected chi connectivity index (χ1v) is 5.06. The number of hydrogen-bond acceptors (Lipinski definition) is 1. The second-order valence-corrected chi connectivity index (χ2v) is 3.34. The zero-order valence-corrected chi connectivity index (χ0v) is 8.51. The van der Waals surface area contributed by atoms with Crippen molar-refractivity contribution in [3.8, 4) is 0 Å². The van der Waals surface area contributed by atoms with E-state index in [2.05, 4.69) is 29.3 Å². The molecular weight excluding hydrogens is 182 g/mol. The third-order valence-electron chi connectivity index (χ3n) is 2.16. The van der Waals surface area contributed by atoms with E-state index < -0.39 is 0 Å². The van der Waals surface area contributed by atoms with Gasteiger partial charge in [0, 0.05) is 18.3 Å². The molecule has 0 amide bonds. The van der Waals surface area contributed by atoms with Crippen molar-refractivity contribution >= 4 is 6.08 Å². The van der Waals surface area contributed by atoms with Crippen LogP contribution >= 0.6 is 0 Å². The first kappa shape index (κ1) is 9.66. The standard InChI is InChI=1S/C14H13N/c1-2-7-13(8-3-1)9-6-11-14-10-4-5-12-15-14/h1-10,12H,11H2. The van der Waals surface area contributed by atoms with Gasteiger partial charge in [0.25, 0.3) is 0 Å². The number of allylic oxidation sites excluding steroid dienone is 1. The van der Waals surface area contributed by atoms with Gasteiger partial charge in [0.1, 0.15) is 0 Å². The van der Waals surface area contributed by atoms with Crippen molar-refractivity contribution in [1.29, 1.82) is 0 Å². The van der Waals surface area contributed by atoms with E-state index in [4.69, 9.17) is 0 Å². The topological polar surface area (TPSA) is 12.9 Å². The van der Waals surface area contributed by atoms with Crippen molar-refractivity contribution in [3.63, 3.8) is 0 Å². The maximum absolute atomic E-state index is 4.26. The fourth-order valence-corrected chi connectivity index (χ4v) is 1.40. The van der Waals surface area contributed by atoms with E-state index in [9.17, 15) is 0 Å². The summed E-state index contributed by atoms with van der Waals surface area (Å²) < 4.78 is 0. The summed E-state index contributed by atoms with van der Waals surface area (Å²) in [4.78, 5) is 4.26. The molecule has 0 N–H and O–H groups in total. The van der Waals surface area contributed by atoms with E-state index in [1.54, 1.807) is 0 Å². The lowest BCUT2D eigenvalue weighted by Gasteiger charge is -1.94. The van der Waals surface area contributed by atoms with Gasteiger partial charge in [0.2, 0.25) is 0 Å². The van der Waals surface area contributed by atoms with E-state index in [1.165, 1.54) is 5.56 Å². The molecule has 0 saturated carbocycles. The van der Waals surface area contributed by atoms with Gasteiger partial charge in [-0.2, -0.15) is 0 Å². The van der Waals surface area contributed by atoms with Crippen LogP contribution in [0.15, 0.2) is 60.8 Å². The van der Waals surface area contributed by atoms with E-state index in [0.29, 0.717) is 0 Å². The van der Waals surface area contributed by atoms with Crippen molar-refractivity contribution in [2.45, 2.75) is 6.42 Å². The molecule has 0 aliphatic heterocycles. The van der Waals surface area contributed by atoms with Crippen molar-refractivity contribution in [2.24, 2.45) is 0 Å². The van der Waals surface area contributed by atoms with E-state index >= 15 is 0 Å². The molecule has 1 nitrogen and oxygen atoms in total. The average Bonchev–Trinajstić information content (AvgIpc) is 2.32. The lowest BCUT2D eigenvalue weighted by Crippen LogP contribution is -1.84. The highest BCUT2D eigenvalue weighted by Crippen LogP contribution is 2.03. The summed E-state index contributed by atoms with van der Waals surface area (Å²) in [5.41, 5.74) is 2.33.